The second kappa shape index (κ2) is 7.46. The van der Waals surface area contributed by atoms with Crippen molar-refractivity contribution in [3.8, 4) is 0 Å². The summed E-state index contributed by atoms with van der Waals surface area (Å²) in [4.78, 5) is 25.0. The first-order chi connectivity index (χ1) is 12.4. The summed E-state index contributed by atoms with van der Waals surface area (Å²) < 4.78 is 12.9. The summed E-state index contributed by atoms with van der Waals surface area (Å²) in [5, 5.41) is 6.16. The van der Waals surface area contributed by atoms with Gasteiger partial charge in [-0.25, -0.2) is 4.39 Å². The average molecular weight is 375 g/mol. The normalized spacial score (nSPS) is 14.6. The van der Waals surface area contributed by atoms with E-state index in [1.165, 1.54) is 12.1 Å². The SMILES string of the molecule is Cc1ccc(NC(=O)C2(C(=O)NCCc3ccc(F)cc3)CC2)cc1Cl. The van der Waals surface area contributed by atoms with Crippen LogP contribution in [0.25, 0.3) is 0 Å². The number of aryl methyl sites for hydroxylation is 1. The van der Waals surface area contributed by atoms with E-state index in [1.807, 2.05) is 13.0 Å². The van der Waals surface area contributed by atoms with Crippen LogP contribution in [0, 0.1) is 18.2 Å². The van der Waals surface area contributed by atoms with Gasteiger partial charge in [0.05, 0.1) is 0 Å². The Morgan fingerprint density at radius 3 is 2.42 bits per heavy atom. The number of carbonyl (C=O) groups excluding carboxylic acids is 2. The highest BCUT2D eigenvalue weighted by molar-refractivity contribution is 6.31. The maximum Gasteiger partial charge on any atom is 0.240 e. The van der Waals surface area contributed by atoms with Gasteiger partial charge < -0.3 is 10.6 Å². The number of benzene rings is 2. The van der Waals surface area contributed by atoms with Gasteiger partial charge in [0.15, 0.2) is 0 Å². The van der Waals surface area contributed by atoms with Gasteiger partial charge in [-0.2, -0.15) is 0 Å². The average Bonchev–Trinajstić information content (AvgIpc) is 3.42. The van der Waals surface area contributed by atoms with Crippen LogP contribution in [-0.4, -0.2) is 18.4 Å². The van der Waals surface area contributed by atoms with Crippen molar-refractivity contribution in [2.45, 2.75) is 26.2 Å². The summed E-state index contributed by atoms with van der Waals surface area (Å²) in [5.74, 6) is -0.866. The lowest BCUT2D eigenvalue weighted by molar-refractivity contribution is -0.134. The first-order valence-corrected chi connectivity index (χ1v) is 8.89. The minimum Gasteiger partial charge on any atom is -0.355 e. The molecule has 0 aromatic heterocycles. The lowest BCUT2D eigenvalue weighted by atomic mass is 10.0. The van der Waals surface area contributed by atoms with Gasteiger partial charge >= 0.3 is 0 Å². The molecule has 1 fully saturated rings. The van der Waals surface area contributed by atoms with Crippen molar-refractivity contribution in [1.29, 1.82) is 0 Å². The lowest BCUT2D eigenvalue weighted by Crippen LogP contribution is -2.40. The van der Waals surface area contributed by atoms with Crippen molar-refractivity contribution in [3.05, 3.63) is 64.4 Å². The highest BCUT2D eigenvalue weighted by Gasteiger charge is 2.56. The number of hydrogen-bond acceptors (Lipinski definition) is 2. The Hall–Kier alpha value is -2.40. The Balaban J connectivity index is 1.55. The zero-order valence-electron chi connectivity index (χ0n) is 14.4. The van der Waals surface area contributed by atoms with Crippen LogP contribution in [0.4, 0.5) is 10.1 Å². The largest absolute Gasteiger partial charge is 0.355 e. The first kappa shape index (κ1) is 18.4. The van der Waals surface area contributed by atoms with Crippen molar-refractivity contribution in [2.75, 3.05) is 11.9 Å². The monoisotopic (exact) mass is 374 g/mol. The number of halogens is 2. The topological polar surface area (TPSA) is 58.2 Å². The molecule has 0 atom stereocenters. The van der Waals surface area contributed by atoms with Crippen LogP contribution in [0.3, 0.4) is 0 Å². The number of rotatable bonds is 6. The molecule has 26 heavy (non-hydrogen) atoms. The van der Waals surface area contributed by atoms with Gasteiger partial charge in [-0.05, 0) is 61.6 Å². The molecule has 0 heterocycles. The summed E-state index contributed by atoms with van der Waals surface area (Å²) in [6.45, 7) is 2.28. The smallest absolute Gasteiger partial charge is 0.240 e. The van der Waals surface area contributed by atoms with Crippen molar-refractivity contribution in [1.82, 2.24) is 5.32 Å². The number of hydrogen-bond donors (Lipinski definition) is 2. The van der Waals surface area contributed by atoms with Gasteiger partial charge in [-0.15, -0.1) is 0 Å². The molecule has 0 aliphatic heterocycles. The molecule has 3 rings (SSSR count). The van der Waals surface area contributed by atoms with E-state index >= 15 is 0 Å². The maximum atomic E-state index is 12.9. The van der Waals surface area contributed by atoms with Gasteiger partial charge in [0.1, 0.15) is 11.2 Å². The molecule has 1 aliphatic carbocycles. The third kappa shape index (κ3) is 4.05. The Kier molecular flexibility index (Phi) is 5.28. The van der Waals surface area contributed by atoms with E-state index in [0.29, 0.717) is 36.5 Å². The molecule has 6 heteroatoms. The highest BCUT2D eigenvalue weighted by atomic mass is 35.5. The van der Waals surface area contributed by atoms with Crippen LogP contribution in [0.5, 0.6) is 0 Å². The summed E-state index contributed by atoms with van der Waals surface area (Å²) in [6.07, 6.45) is 1.64. The van der Waals surface area contributed by atoms with E-state index in [2.05, 4.69) is 10.6 Å². The summed E-state index contributed by atoms with van der Waals surface area (Å²) in [5.41, 5.74) is 1.43. The minimum absolute atomic E-state index is 0.268. The molecule has 0 spiro atoms. The predicted molar refractivity (Wildman–Crippen MR) is 99.6 cm³/mol. The van der Waals surface area contributed by atoms with Crippen LogP contribution >= 0.6 is 11.6 Å². The molecule has 2 N–H and O–H groups in total. The Morgan fingerprint density at radius 1 is 1.12 bits per heavy atom. The molecule has 0 bridgehead atoms. The molecule has 2 amide bonds. The molecule has 0 radical (unpaired) electrons. The molecule has 136 valence electrons. The highest BCUT2D eigenvalue weighted by Crippen LogP contribution is 2.46. The number of amides is 2. The van der Waals surface area contributed by atoms with Crippen LogP contribution in [0.15, 0.2) is 42.5 Å². The minimum atomic E-state index is -1.000. The summed E-state index contributed by atoms with van der Waals surface area (Å²) in [6, 6.07) is 11.4. The van der Waals surface area contributed by atoms with E-state index in [0.717, 1.165) is 11.1 Å². The fraction of sp³-hybridized carbons (Fsp3) is 0.300. The third-order valence-electron chi connectivity index (χ3n) is 4.66. The first-order valence-electron chi connectivity index (χ1n) is 8.51. The van der Waals surface area contributed by atoms with Gasteiger partial charge in [0.2, 0.25) is 11.8 Å². The van der Waals surface area contributed by atoms with E-state index in [-0.39, 0.29) is 17.6 Å². The molecule has 2 aromatic carbocycles. The van der Waals surface area contributed by atoms with Crippen molar-refractivity contribution >= 4 is 29.1 Å². The fourth-order valence-corrected chi connectivity index (χ4v) is 2.92. The second-order valence-corrected chi connectivity index (χ2v) is 7.04. The van der Waals surface area contributed by atoms with Gasteiger partial charge in [0.25, 0.3) is 0 Å². The summed E-state index contributed by atoms with van der Waals surface area (Å²) in [7, 11) is 0. The molecule has 1 aliphatic rings. The molecule has 4 nitrogen and oxygen atoms in total. The number of nitrogens with one attached hydrogen (secondary N) is 2. The van der Waals surface area contributed by atoms with Crippen molar-refractivity contribution < 1.29 is 14.0 Å². The standard InChI is InChI=1S/C20H20ClFN2O2/c1-13-2-7-16(12-17(13)21)24-19(26)20(9-10-20)18(25)23-11-8-14-3-5-15(22)6-4-14/h2-7,12H,8-11H2,1H3,(H,23,25)(H,24,26). The Labute approximate surface area is 156 Å². The fourth-order valence-electron chi connectivity index (χ4n) is 2.74. The Morgan fingerprint density at radius 2 is 1.81 bits per heavy atom. The number of anilines is 1. The molecule has 2 aromatic rings. The van der Waals surface area contributed by atoms with Crippen LogP contribution in [0.2, 0.25) is 5.02 Å². The van der Waals surface area contributed by atoms with E-state index in [4.69, 9.17) is 11.6 Å². The van der Waals surface area contributed by atoms with Gasteiger partial charge in [0, 0.05) is 17.3 Å². The summed E-state index contributed by atoms with van der Waals surface area (Å²) >= 11 is 6.07. The zero-order valence-corrected chi connectivity index (χ0v) is 15.2. The lowest BCUT2D eigenvalue weighted by Gasteiger charge is -2.16. The van der Waals surface area contributed by atoms with Crippen LogP contribution < -0.4 is 10.6 Å². The predicted octanol–water partition coefficient (Wildman–Crippen LogP) is 3.87. The van der Waals surface area contributed by atoms with Crippen LogP contribution in [-0.2, 0) is 16.0 Å². The second-order valence-electron chi connectivity index (χ2n) is 6.63. The van der Waals surface area contributed by atoms with Crippen molar-refractivity contribution in [3.63, 3.8) is 0 Å². The molecule has 0 saturated heterocycles. The molecular formula is C20H20ClFN2O2. The van der Waals surface area contributed by atoms with E-state index in [1.54, 1.807) is 24.3 Å². The van der Waals surface area contributed by atoms with Crippen LogP contribution in [0.1, 0.15) is 24.0 Å². The Bertz CT molecular complexity index is 832. The number of carbonyl (C=O) groups is 2. The molecule has 1 saturated carbocycles. The van der Waals surface area contributed by atoms with Gasteiger partial charge in [-0.3, -0.25) is 9.59 Å². The zero-order chi connectivity index (χ0) is 18.7. The van der Waals surface area contributed by atoms with Crippen molar-refractivity contribution in [2.24, 2.45) is 5.41 Å². The van der Waals surface area contributed by atoms with E-state index < -0.39 is 5.41 Å². The molecular weight excluding hydrogens is 355 g/mol. The molecule has 0 unspecified atom stereocenters. The third-order valence-corrected chi connectivity index (χ3v) is 5.07. The van der Waals surface area contributed by atoms with Gasteiger partial charge in [-0.1, -0.05) is 29.8 Å². The quantitative estimate of drug-likeness (QED) is 0.754. The maximum absolute atomic E-state index is 12.9. The van der Waals surface area contributed by atoms with E-state index in [9.17, 15) is 14.0 Å².